The summed E-state index contributed by atoms with van der Waals surface area (Å²) in [6.07, 6.45) is 0. The summed E-state index contributed by atoms with van der Waals surface area (Å²) in [5.74, 6) is 0.269. The molecular formula is C7H9N3O3. The molecule has 0 fully saturated rings. The molecule has 1 aromatic carbocycles. The Morgan fingerprint density at radius 3 is 2.15 bits per heavy atom. The number of benzene rings is 1. The van der Waals surface area contributed by atoms with Crippen molar-refractivity contribution in [2.75, 3.05) is 18.6 Å². The van der Waals surface area contributed by atoms with Crippen molar-refractivity contribution in [1.29, 1.82) is 0 Å². The predicted molar refractivity (Wildman–Crippen MR) is 48.5 cm³/mol. The Bertz CT molecular complexity index is 328. The molecule has 0 spiro atoms. The smallest absolute Gasteiger partial charge is 0.273 e. The molecule has 0 saturated carbocycles. The van der Waals surface area contributed by atoms with Crippen molar-refractivity contribution in [1.82, 2.24) is 0 Å². The molecule has 0 aliphatic carbocycles. The second-order valence-corrected chi connectivity index (χ2v) is 2.41. The summed E-state index contributed by atoms with van der Waals surface area (Å²) in [7, 11) is 1.40. The molecule has 6 heteroatoms. The van der Waals surface area contributed by atoms with Crippen LogP contribution in [0.1, 0.15) is 0 Å². The number of ether oxygens (including phenoxy) is 1. The van der Waals surface area contributed by atoms with Crippen LogP contribution in [0, 0.1) is 10.1 Å². The van der Waals surface area contributed by atoms with E-state index < -0.39 is 4.92 Å². The van der Waals surface area contributed by atoms with Crippen LogP contribution in [0.25, 0.3) is 0 Å². The van der Waals surface area contributed by atoms with Crippen molar-refractivity contribution in [3.8, 4) is 5.75 Å². The van der Waals surface area contributed by atoms with Crippen LogP contribution in [0.3, 0.4) is 0 Å². The summed E-state index contributed by atoms with van der Waals surface area (Å²) in [4.78, 5) is 9.80. The summed E-state index contributed by atoms with van der Waals surface area (Å²) in [5, 5.41) is 10.4. The largest absolute Gasteiger partial charge is 0.492 e. The number of methoxy groups -OCH3 is 1. The standard InChI is InChI=1S/C7H9N3O3/c1-13-7-5(8)2-4(10(11)12)3-6(7)9/h2-3H,8-9H2,1H3. The van der Waals surface area contributed by atoms with Gasteiger partial charge in [-0.1, -0.05) is 0 Å². The number of hydrogen-bond donors (Lipinski definition) is 2. The molecular weight excluding hydrogens is 174 g/mol. The van der Waals surface area contributed by atoms with E-state index in [1.165, 1.54) is 19.2 Å². The third-order valence-corrected chi connectivity index (χ3v) is 1.55. The van der Waals surface area contributed by atoms with E-state index in [4.69, 9.17) is 16.2 Å². The van der Waals surface area contributed by atoms with Crippen molar-refractivity contribution in [2.24, 2.45) is 0 Å². The first-order valence-electron chi connectivity index (χ1n) is 3.43. The molecule has 0 radical (unpaired) electrons. The molecule has 0 aliphatic heterocycles. The fourth-order valence-electron chi connectivity index (χ4n) is 0.999. The number of rotatable bonds is 2. The van der Waals surface area contributed by atoms with Gasteiger partial charge in [0.15, 0.2) is 5.75 Å². The van der Waals surface area contributed by atoms with Crippen molar-refractivity contribution >= 4 is 17.1 Å². The molecule has 0 bridgehead atoms. The minimum absolute atomic E-state index is 0.143. The third kappa shape index (κ3) is 1.61. The quantitative estimate of drug-likeness (QED) is 0.400. The zero-order chi connectivity index (χ0) is 10.0. The Morgan fingerprint density at radius 1 is 1.38 bits per heavy atom. The van der Waals surface area contributed by atoms with E-state index in [2.05, 4.69) is 0 Å². The summed E-state index contributed by atoms with van der Waals surface area (Å²) >= 11 is 0. The highest BCUT2D eigenvalue weighted by molar-refractivity contribution is 5.71. The summed E-state index contributed by atoms with van der Waals surface area (Å²) < 4.78 is 4.84. The third-order valence-electron chi connectivity index (χ3n) is 1.55. The first-order valence-corrected chi connectivity index (χ1v) is 3.43. The monoisotopic (exact) mass is 183 g/mol. The topological polar surface area (TPSA) is 104 Å². The maximum atomic E-state index is 10.4. The number of nitro groups is 1. The van der Waals surface area contributed by atoms with Crippen molar-refractivity contribution in [3.63, 3.8) is 0 Å². The highest BCUT2D eigenvalue weighted by Gasteiger charge is 2.12. The van der Waals surface area contributed by atoms with E-state index in [9.17, 15) is 10.1 Å². The minimum atomic E-state index is -0.563. The lowest BCUT2D eigenvalue weighted by atomic mass is 10.2. The number of hydrogen-bond acceptors (Lipinski definition) is 5. The van der Waals surface area contributed by atoms with E-state index >= 15 is 0 Å². The van der Waals surface area contributed by atoms with Crippen molar-refractivity contribution < 1.29 is 9.66 Å². The normalized spacial score (nSPS) is 9.62. The molecule has 6 nitrogen and oxygen atoms in total. The summed E-state index contributed by atoms with van der Waals surface area (Å²) in [6.45, 7) is 0. The van der Waals surface area contributed by atoms with Gasteiger partial charge in [-0.05, 0) is 0 Å². The maximum absolute atomic E-state index is 10.4. The highest BCUT2D eigenvalue weighted by Crippen LogP contribution is 2.32. The van der Waals surface area contributed by atoms with Gasteiger partial charge in [0.1, 0.15) is 0 Å². The Labute approximate surface area is 74.2 Å². The number of nitrogens with two attached hydrogens (primary N) is 2. The Hall–Kier alpha value is -1.98. The van der Waals surface area contributed by atoms with E-state index in [1.807, 2.05) is 0 Å². The van der Waals surface area contributed by atoms with Gasteiger partial charge < -0.3 is 16.2 Å². The van der Waals surface area contributed by atoms with E-state index in [0.717, 1.165) is 0 Å². The molecule has 0 unspecified atom stereocenters. The molecule has 0 aromatic heterocycles. The number of anilines is 2. The summed E-state index contributed by atoms with van der Waals surface area (Å²) in [6, 6.07) is 2.41. The SMILES string of the molecule is COc1c(N)cc([N+](=O)[O-])cc1N. The fourth-order valence-corrected chi connectivity index (χ4v) is 0.999. The van der Waals surface area contributed by atoms with Gasteiger partial charge in [0, 0.05) is 12.1 Å². The number of nitrogen functional groups attached to an aromatic ring is 2. The van der Waals surface area contributed by atoms with Crippen molar-refractivity contribution in [3.05, 3.63) is 22.2 Å². The van der Waals surface area contributed by atoms with Crippen LogP contribution in [-0.2, 0) is 0 Å². The number of nitro benzene ring substituents is 1. The van der Waals surface area contributed by atoms with Crippen LogP contribution in [0.15, 0.2) is 12.1 Å². The molecule has 0 aliphatic rings. The first kappa shape index (κ1) is 9.11. The second kappa shape index (κ2) is 3.18. The van der Waals surface area contributed by atoms with Gasteiger partial charge in [0.25, 0.3) is 5.69 Å². The van der Waals surface area contributed by atoms with E-state index in [0.29, 0.717) is 0 Å². The molecule has 13 heavy (non-hydrogen) atoms. The molecule has 0 amide bonds. The van der Waals surface area contributed by atoms with Crippen LogP contribution >= 0.6 is 0 Å². The zero-order valence-electron chi connectivity index (χ0n) is 6.98. The highest BCUT2D eigenvalue weighted by atomic mass is 16.6. The molecule has 0 saturated heterocycles. The van der Waals surface area contributed by atoms with Crippen LogP contribution in [-0.4, -0.2) is 12.0 Å². The van der Waals surface area contributed by atoms with Gasteiger partial charge >= 0.3 is 0 Å². The minimum Gasteiger partial charge on any atom is -0.492 e. The average molecular weight is 183 g/mol. The van der Waals surface area contributed by atoms with Crippen LogP contribution in [0.5, 0.6) is 5.75 Å². The van der Waals surface area contributed by atoms with Crippen LogP contribution < -0.4 is 16.2 Å². The average Bonchev–Trinajstić information content (AvgIpc) is 2.03. The predicted octanol–water partition coefficient (Wildman–Crippen LogP) is 0.768. The Kier molecular flexibility index (Phi) is 2.23. The Morgan fingerprint density at radius 2 is 1.85 bits per heavy atom. The lowest BCUT2D eigenvalue weighted by Gasteiger charge is -2.06. The second-order valence-electron chi connectivity index (χ2n) is 2.41. The van der Waals surface area contributed by atoms with Gasteiger partial charge in [0.05, 0.1) is 23.4 Å². The van der Waals surface area contributed by atoms with Gasteiger partial charge in [-0.15, -0.1) is 0 Å². The van der Waals surface area contributed by atoms with Gasteiger partial charge in [0.2, 0.25) is 0 Å². The number of non-ortho nitro benzene ring substituents is 1. The molecule has 0 atom stereocenters. The molecule has 0 heterocycles. The fraction of sp³-hybridized carbons (Fsp3) is 0.143. The molecule has 4 N–H and O–H groups in total. The van der Waals surface area contributed by atoms with E-state index in [1.54, 1.807) is 0 Å². The molecule has 70 valence electrons. The molecule has 1 aromatic rings. The van der Waals surface area contributed by atoms with Gasteiger partial charge in [-0.2, -0.15) is 0 Å². The van der Waals surface area contributed by atoms with Gasteiger partial charge in [-0.25, -0.2) is 0 Å². The molecule has 1 rings (SSSR count). The van der Waals surface area contributed by atoms with E-state index in [-0.39, 0.29) is 22.8 Å². The van der Waals surface area contributed by atoms with Crippen molar-refractivity contribution in [2.45, 2.75) is 0 Å². The van der Waals surface area contributed by atoms with Gasteiger partial charge in [-0.3, -0.25) is 10.1 Å². The first-order chi connectivity index (χ1) is 6.06. The Balaban J connectivity index is 3.28. The van der Waals surface area contributed by atoms with Crippen LogP contribution in [0.4, 0.5) is 17.1 Å². The summed E-state index contributed by atoms with van der Waals surface area (Å²) in [5.41, 5.74) is 11.1. The maximum Gasteiger partial charge on any atom is 0.273 e. The van der Waals surface area contributed by atoms with Crippen LogP contribution in [0.2, 0.25) is 0 Å². The lowest BCUT2D eigenvalue weighted by molar-refractivity contribution is -0.384. The zero-order valence-corrected chi connectivity index (χ0v) is 6.98. The lowest BCUT2D eigenvalue weighted by Crippen LogP contribution is -1.99. The number of nitrogens with zero attached hydrogens (tertiary/aromatic N) is 1.